The fraction of sp³-hybridized carbons (Fsp3) is 0.571. The van der Waals surface area contributed by atoms with Crippen LogP contribution in [0.25, 0.3) is 0 Å². The molecule has 1 aliphatic carbocycles. The van der Waals surface area contributed by atoms with E-state index < -0.39 is 47.4 Å². The molecule has 212 valence electrons. The molecule has 2 heterocycles. The Hall–Kier alpha value is -3.05. The second-order valence-corrected chi connectivity index (χ2v) is 11.7. The van der Waals surface area contributed by atoms with E-state index >= 15 is 0 Å². The van der Waals surface area contributed by atoms with E-state index in [-0.39, 0.29) is 49.8 Å². The summed E-state index contributed by atoms with van der Waals surface area (Å²) < 4.78 is 41.9. The minimum Gasteiger partial charge on any atom is -0.392 e. The SMILES string of the molecule is CC(C)(C)c1ccc(N(C(=O)[C@H]2C[C@@H](O)CN2)C(C)(C(=O)NC2CCC(F)(F)CC2)c2cncc(F)n2)cc1. The van der Waals surface area contributed by atoms with Gasteiger partial charge in [0.05, 0.1) is 30.2 Å². The van der Waals surface area contributed by atoms with E-state index in [4.69, 9.17) is 0 Å². The number of rotatable bonds is 6. The van der Waals surface area contributed by atoms with Crippen molar-refractivity contribution in [1.29, 1.82) is 0 Å². The number of alkyl halides is 2. The maximum atomic E-state index is 14.4. The molecule has 1 saturated heterocycles. The van der Waals surface area contributed by atoms with Gasteiger partial charge in [-0.2, -0.15) is 4.39 Å². The highest BCUT2D eigenvalue weighted by atomic mass is 19.3. The first-order valence-electron chi connectivity index (χ1n) is 13.2. The van der Waals surface area contributed by atoms with E-state index in [0.29, 0.717) is 5.69 Å². The van der Waals surface area contributed by atoms with Crippen molar-refractivity contribution in [1.82, 2.24) is 20.6 Å². The van der Waals surface area contributed by atoms with Gasteiger partial charge in [0.2, 0.25) is 17.8 Å². The van der Waals surface area contributed by atoms with Crippen LogP contribution in [0.5, 0.6) is 0 Å². The lowest BCUT2D eigenvalue weighted by atomic mass is 9.86. The maximum Gasteiger partial charge on any atom is 0.252 e. The van der Waals surface area contributed by atoms with Crippen molar-refractivity contribution in [3.05, 3.63) is 53.9 Å². The fourth-order valence-electron chi connectivity index (χ4n) is 5.20. The number of amides is 2. The molecule has 1 unspecified atom stereocenters. The number of aliphatic hydroxyl groups excluding tert-OH is 1. The minimum atomic E-state index is -2.79. The Bertz CT molecular complexity index is 1190. The Kier molecular flexibility index (Phi) is 8.05. The zero-order chi connectivity index (χ0) is 28.6. The number of benzene rings is 1. The predicted molar refractivity (Wildman–Crippen MR) is 140 cm³/mol. The van der Waals surface area contributed by atoms with Crippen LogP contribution in [0.15, 0.2) is 36.7 Å². The largest absolute Gasteiger partial charge is 0.392 e. The van der Waals surface area contributed by atoms with Gasteiger partial charge in [-0.3, -0.25) is 19.5 Å². The van der Waals surface area contributed by atoms with Gasteiger partial charge in [-0.15, -0.1) is 0 Å². The van der Waals surface area contributed by atoms with Crippen molar-refractivity contribution < 1.29 is 27.9 Å². The minimum absolute atomic E-state index is 0.0637. The lowest BCUT2D eigenvalue weighted by Crippen LogP contribution is -2.62. The lowest BCUT2D eigenvalue weighted by Gasteiger charge is -2.42. The molecule has 1 saturated carbocycles. The summed E-state index contributed by atoms with van der Waals surface area (Å²) in [5.74, 6) is -4.93. The maximum absolute atomic E-state index is 14.4. The monoisotopic (exact) mass is 547 g/mol. The van der Waals surface area contributed by atoms with E-state index in [1.54, 1.807) is 12.1 Å². The number of carbonyl (C=O) groups excluding carboxylic acids is 2. The van der Waals surface area contributed by atoms with Gasteiger partial charge < -0.3 is 15.7 Å². The Morgan fingerprint density at radius 1 is 1.10 bits per heavy atom. The Labute approximate surface area is 226 Å². The van der Waals surface area contributed by atoms with Crippen LogP contribution in [0.1, 0.15) is 71.1 Å². The quantitative estimate of drug-likeness (QED) is 0.511. The summed E-state index contributed by atoms with van der Waals surface area (Å²) in [7, 11) is 0. The smallest absolute Gasteiger partial charge is 0.252 e. The zero-order valence-electron chi connectivity index (χ0n) is 22.7. The topological polar surface area (TPSA) is 107 Å². The summed E-state index contributed by atoms with van der Waals surface area (Å²) in [6.45, 7) is 7.78. The third kappa shape index (κ3) is 6.24. The number of carbonyl (C=O) groups is 2. The first-order valence-corrected chi connectivity index (χ1v) is 13.2. The number of anilines is 1. The van der Waals surface area contributed by atoms with Crippen LogP contribution >= 0.6 is 0 Å². The molecule has 2 aromatic rings. The first kappa shape index (κ1) is 28.9. The summed E-state index contributed by atoms with van der Waals surface area (Å²) in [6.07, 6.45) is 0.886. The van der Waals surface area contributed by atoms with Gasteiger partial charge >= 0.3 is 0 Å². The molecule has 2 fully saturated rings. The molecular weight excluding hydrogens is 511 g/mol. The molecule has 0 bridgehead atoms. The number of hydrogen-bond acceptors (Lipinski definition) is 6. The van der Waals surface area contributed by atoms with Gasteiger partial charge in [-0.25, -0.2) is 13.8 Å². The number of nitrogens with one attached hydrogen (secondary N) is 2. The molecule has 11 heteroatoms. The summed E-state index contributed by atoms with van der Waals surface area (Å²) >= 11 is 0. The molecule has 8 nitrogen and oxygen atoms in total. The Balaban J connectivity index is 1.81. The number of halogens is 3. The summed E-state index contributed by atoms with van der Waals surface area (Å²) in [5.41, 5.74) is -0.844. The second kappa shape index (κ2) is 10.8. The highest BCUT2D eigenvalue weighted by molar-refractivity contribution is 6.06. The van der Waals surface area contributed by atoms with Gasteiger partial charge in [0.15, 0.2) is 5.54 Å². The normalized spacial score (nSPS) is 23.2. The molecule has 3 N–H and O–H groups in total. The molecule has 2 aliphatic rings. The van der Waals surface area contributed by atoms with Crippen molar-refractivity contribution in [2.24, 2.45) is 0 Å². The number of β-amino-alcohol motifs (C(OH)–C–C–N with tert-alkyl or cyclic N) is 1. The van der Waals surface area contributed by atoms with Crippen LogP contribution in [0.2, 0.25) is 0 Å². The van der Waals surface area contributed by atoms with Crippen LogP contribution in [0.3, 0.4) is 0 Å². The zero-order valence-corrected chi connectivity index (χ0v) is 22.7. The van der Waals surface area contributed by atoms with E-state index in [9.17, 15) is 27.9 Å². The molecule has 39 heavy (non-hydrogen) atoms. The average molecular weight is 548 g/mol. The fourth-order valence-corrected chi connectivity index (χ4v) is 5.20. The number of aliphatic hydroxyl groups is 1. The highest BCUT2D eigenvalue weighted by Gasteiger charge is 2.50. The molecule has 4 rings (SSSR count). The molecule has 0 spiro atoms. The van der Waals surface area contributed by atoms with Crippen molar-refractivity contribution in [2.75, 3.05) is 11.4 Å². The molecule has 3 atom stereocenters. The Morgan fingerprint density at radius 2 is 1.74 bits per heavy atom. The number of aromatic nitrogens is 2. The van der Waals surface area contributed by atoms with E-state index in [0.717, 1.165) is 11.8 Å². The van der Waals surface area contributed by atoms with Gasteiger partial charge in [0, 0.05) is 31.1 Å². The van der Waals surface area contributed by atoms with Gasteiger partial charge in [-0.05, 0) is 49.3 Å². The summed E-state index contributed by atoms with van der Waals surface area (Å²) in [5, 5.41) is 15.9. The molecule has 0 radical (unpaired) electrons. The second-order valence-electron chi connectivity index (χ2n) is 11.7. The van der Waals surface area contributed by atoms with E-state index in [1.165, 1.54) is 18.0 Å². The van der Waals surface area contributed by atoms with Crippen LogP contribution in [0.4, 0.5) is 18.9 Å². The van der Waals surface area contributed by atoms with E-state index in [1.807, 2.05) is 32.9 Å². The standard InChI is InChI=1S/C28H36F3N5O3/c1-26(2,3)17-5-7-19(8-6-17)36(24(38)21-13-20(37)14-33-21)27(4,22-15-32-16-23(29)35-22)25(39)34-18-9-11-28(30,31)12-10-18/h5-8,15-16,18,20-21,33,37H,9-14H2,1-4H3,(H,34,39)/t20-,21-,27?/m1/s1. The summed E-state index contributed by atoms with van der Waals surface area (Å²) in [4.78, 5) is 37.2. The van der Waals surface area contributed by atoms with Crippen molar-refractivity contribution in [2.45, 2.75) is 94.9 Å². The van der Waals surface area contributed by atoms with Crippen LogP contribution in [0, 0.1) is 5.95 Å². The Morgan fingerprint density at radius 3 is 2.28 bits per heavy atom. The summed E-state index contributed by atoms with van der Waals surface area (Å²) in [6, 6.07) is 5.76. The van der Waals surface area contributed by atoms with Crippen molar-refractivity contribution >= 4 is 17.5 Å². The average Bonchev–Trinajstić information content (AvgIpc) is 3.31. The highest BCUT2D eigenvalue weighted by Crippen LogP contribution is 2.37. The first-order chi connectivity index (χ1) is 18.2. The van der Waals surface area contributed by atoms with Crippen molar-refractivity contribution in [3.63, 3.8) is 0 Å². The van der Waals surface area contributed by atoms with Crippen molar-refractivity contribution in [3.8, 4) is 0 Å². The van der Waals surface area contributed by atoms with E-state index in [2.05, 4.69) is 20.6 Å². The molecule has 1 aromatic heterocycles. The molecule has 1 aromatic carbocycles. The molecular formula is C28H36F3N5O3. The van der Waals surface area contributed by atoms with Gasteiger partial charge in [-0.1, -0.05) is 32.9 Å². The number of nitrogens with zero attached hydrogens (tertiary/aromatic N) is 3. The lowest BCUT2D eigenvalue weighted by molar-refractivity contribution is -0.132. The van der Waals surface area contributed by atoms with Gasteiger partial charge in [0.25, 0.3) is 5.91 Å². The number of hydrogen-bond donors (Lipinski definition) is 3. The predicted octanol–water partition coefficient (Wildman–Crippen LogP) is 3.58. The molecule has 1 aliphatic heterocycles. The third-order valence-corrected chi connectivity index (χ3v) is 7.66. The van der Waals surface area contributed by atoms with Crippen LogP contribution in [-0.4, -0.2) is 57.5 Å². The van der Waals surface area contributed by atoms with Crippen LogP contribution in [-0.2, 0) is 20.5 Å². The third-order valence-electron chi connectivity index (χ3n) is 7.66. The van der Waals surface area contributed by atoms with Crippen LogP contribution < -0.4 is 15.5 Å². The molecule has 2 amide bonds. The van der Waals surface area contributed by atoms with Gasteiger partial charge in [0.1, 0.15) is 0 Å².